The largest absolute Gasteiger partial charge is 0.317 e. The molecule has 13 heavy (non-hydrogen) atoms. The van der Waals surface area contributed by atoms with Crippen LogP contribution in [0.25, 0.3) is 0 Å². The van der Waals surface area contributed by atoms with Crippen molar-refractivity contribution in [3.63, 3.8) is 0 Å². The number of hydrogen-bond acceptors (Lipinski definition) is 3. The average molecular weight is 180 g/mol. The van der Waals surface area contributed by atoms with Gasteiger partial charge in [-0.1, -0.05) is 6.92 Å². The molecule has 0 radical (unpaired) electrons. The number of likely N-dealkylation sites (tertiary alicyclic amines) is 1. The summed E-state index contributed by atoms with van der Waals surface area (Å²) in [6.07, 6.45) is 4.86. The molecule has 2 heterocycles. The van der Waals surface area contributed by atoms with Crippen molar-refractivity contribution >= 4 is 0 Å². The third-order valence-corrected chi connectivity index (χ3v) is 2.88. The van der Waals surface area contributed by atoms with Crippen molar-refractivity contribution in [1.82, 2.24) is 19.7 Å². The molecule has 2 rings (SSSR count). The summed E-state index contributed by atoms with van der Waals surface area (Å²) in [5.41, 5.74) is 0. The predicted octanol–water partition coefficient (Wildman–Crippen LogP) is 0.791. The van der Waals surface area contributed by atoms with Crippen molar-refractivity contribution in [2.45, 2.75) is 19.4 Å². The number of hydrogen-bond donors (Lipinski definition) is 0. The summed E-state index contributed by atoms with van der Waals surface area (Å²) in [7, 11) is 2.18. The summed E-state index contributed by atoms with van der Waals surface area (Å²) in [4.78, 5) is 2.38. The van der Waals surface area contributed by atoms with Gasteiger partial charge in [0.25, 0.3) is 0 Å². The molecular formula is C9H16N4. The first kappa shape index (κ1) is 8.69. The first-order valence-electron chi connectivity index (χ1n) is 4.80. The van der Waals surface area contributed by atoms with Crippen molar-refractivity contribution in [1.29, 1.82) is 0 Å². The number of piperidine rings is 1. The van der Waals surface area contributed by atoms with E-state index in [0.29, 0.717) is 12.0 Å². The number of rotatable bonds is 1. The topological polar surface area (TPSA) is 34.0 Å². The molecule has 1 aromatic heterocycles. The Morgan fingerprint density at radius 1 is 1.31 bits per heavy atom. The molecule has 2 unspecified atom stereocenters. The van der Waals surface area contributed by atoms with Gasteiger partial charge in [-0.3, -0.25) is 0 Å². The zero-order chi connectivity index (χ0) is 9.26. The lowest BCUT2D eigenvalue weighted by Gasteiger charge is -2.35. The van der Waals surface area contributed by atoms with E-state index >= 15 is 0 Å². The summed E-state index contributed by atoms with van der Waals surface area (Å²) in [5, 5.41) is 7.70. The van der Waals surface area contributed by atoms with E-state index in [1.54, 1.807) is 0 Å². The van der Waals surface area contributed by atoms with Crippen molar-refractivity contribution in [3.05, 3.63) is 12.7 Å². The van der Waals surface area contributed by atoms with Gasteiger partial charge in [-0.2, -0.15) is 0 Å². The Labute approximate surface area is 78.6 Å². The molecule has 0 aromatic carbocycles. The van der Waals surface area contributed by atoms with Crippen LogP contribution in [0.3, 0.4) is 0 Å². The van der Waals surface area contributed by atoms with Crippen LogP contribution in [-0.2, 0) is 0 Å². The zero-order valence-corrected chi connectivity index (χ0v) is 8.22. The van der Waals surface area contributed by atoms with E-state index in [4.69, 9.17) is 0 Å². The van der Waals surface area contributed by atoms with Crippen LogP contribution in [0.2, 0.25) is 0 Å². The van der Waals surface area contributed by atoms with Crippen LogP contribution in [0.1, 0.15) is 19.4 Å². The van der Waals surface area contributed by atoms with E-state index in [2.05, 4.69) is 33.6 Å². The predicted molar refractivity (Wildman–Crippen MR) is 50.3 cm³/mol. The fraction of sp³-hybridized carbons (Fsp3) is 0.778. The van der Waals surface area contributed by atoms with Crippen LogP contribution in [-0.4, -0.2) is 39.8 Å². The molecule has 4 nitrogen and oxygen atoms in total. The molecular weight excluding hydrogens is 164 g/mol. The van der Waals surface area contributed by atoms with Crippen LogP contribution in [0, 0.1) is 5.92 Å². The first-order chi connectivity index (χ1) is 6.27. The smallest absolute Gasteiger partial charge is 0.119 e. The Balaban J connectivity index is 2.08. The van der Waals surface area contributed by atoms with Gasteiger partial charge in [0.1, 0.15) is 12.7 Å². The van der Waals surface area contributed by atoms with E-state index in [1.807, 2.05) is 12.7 Å². The summed E-state index contributed by atoms with van der Waals surface area (Å²) >= 11 is 0. The highest BCUT2D eigenvalue weighted by Crippen LogP contribution is 2.26. The van der Waals surface area contributed by atoms with Gasteiger partial charge < -0.3 is 9.47 Å². The van der Waals surface area contributed by atoms with Crippen LogP contribution in [0.15, 0.2) is 12.7 Å². The molecule has 1 fully saturated rings. The molecule has 72 valence electrons. The number of aromatic nitrogens is 3. The minimum absolute atomic E-state index is 0.589. The summed E-state index contributed by atoms with van der Waals surface area (Å²) in [6, 6.07) is 0.589. The van der Waals surface area contributed by atoms with Gasteiger partial charge in [-0.05, 0) is 25.9 Å². The third-order valence-electron chi connectivity index (χ3n) is 2.88. The molecule has 0 N–H and O–H groups in total. The zero-order valence-electron chi connectivity index (χ0n) is 8.22. The van der Waals surface area contributed by atoms with Gasteiger partial charge in [0.05, 0.1) is 0 Å². The molecule has 2 atom stereocenters. The normalized spacial score (nSPS) is 30.6. The maximum absolute atomic E-state index is 3.85. The molecule has 0 saturated carbocycles. The standard InChI is InChI=1S/C9H16N4/c1-8-5-12(2)4-3-9(8)13-6-10-11-7-13/h6-9H,3-5H2,1-2H3. The Bertz CT molecular complexity index is 257. The Morgan fingerprint density at radius 2 is 2.00 bits per heavy atom. The second kappa shape index (κ2) is 3.46. The lowest BCUT2D eigenvalue weighted by molar-refractivity contribution is 0.158. The van der Waals surface area contributed by atoms with E-state index in [0.717, 1.165) is 0 Å². The molecule has 0 amide bonds. The molecule has 1 aromatic rings. The fourth-order valence-corrected chi connectivity index (χ4v) is 2.16. The van der Waals surface area contributed by atoms with E-state index < -0.39 is 0 Å². The fourth-order valence-electron chi connectivity index (χ4n) is 2.16. The molecule has 1 aliphatic rings. The van der Waals surface area contributed by atoms with Gasteiger partial charge in [-0.15, -0.1) is 10.2 Å². The van der Waals surface area contributed by atoms with Gasteiger partial charge in [0.15, 0.2) is 0 Å². The third kappa shape index (κ3) is 1.72. The average Bonchev–Trinajstić information content (AvgIpc) is 2.56. The summed E-state index contributed by atoms with van der Waals surface area (Å²) in [5.74, 6) is 0.690. The van der Waals surface area contributed by atoms with Gasteiger partial charge in [0, 0.05) is 12.6 Å². The van der Waals surface area contributed by atoms with E-state index in [9.17, 15) is 0 Å². The quantitative estimate of drug-likeness (QED) is 0.640. The second-order valence-electron chi connectivity index (χ2n) is 4.00. The van der Waals surface area contributed by atoms with E-state index in [1.165, 1.54) is 19.5 Å². The maximum atomic E-state index is 3.85. The Morgan fingerprint density at radius 3 is 2.62 bits per heavy atom. The van der Waals surface area contributed by atoms with Gasteiger partial charge in [-0.25, -0.2) is 0 Å². The minimum atomic E-state index is 0.589. The van der Waals surface area contributed by atoms with Gasteiger partial charge in [0.2, 0.25) is 0 Å². The summed E-state index contributed by atoms with van der Waals surface area (Å²) in [6.45, 7) is 4.64. The number of nitrogens with zero attached hydrogens (tertiary/aromatic N) is 4. The Hall–Kier alpha value is -0.900. The van der Waals surface area contributed by atoms with Crippen LogP contribution < -0.4 is 0 Å². The van der Waals surface area contributed by atoms with Crippen molar-refractivity contribution in [2.24, 2.45) is 5.92 Å². The lowest BCUT2D eigenvalue weighted by atomic mass is 9.94. The molecule has 0 aliphatic carbocycles. The first-order valence-corrected chi connectivity index (χ1v) is 4.80. The molecule has 0 spiro atoms. The van der Waals surface area contributed by atoms with Crippen molar-refractivity contribution in [3.8, 4) is 0 Å². The van der Waals surface area contributed by atoms with E-state index in [-0.39, 0.29) is 0 Å². The second-order valence-corrected chi connectivity index (χ2v) is 4.00. The van der Waals surface area contributed by atoms with Crippen LogP contribution in [0.5, 0.6) is 0 Å². The molecule has 4 heteroatoms. The van der Waals surface area contributed by atoms with Crippen molar-refractivity contribution in [2.75, 3.05) is 20.1 Å². The monoisotopic (exact) mass is 180 g/mol. The van der Waals surface area contributed by atoms with Gasteiger partial charge >= 0.3 is 0 Å². The van der Waals surface area contributed by atoms with Crippen molar-refractivity contribution < 1.29 is 0 Å². The highest BCUT2D eigenvalue weighted by molar-refractivity contribution is 4.82. The summed E-state index contributed by atoms with van der Waals surface area (Å²) < 4.78 is 2.14. The molecule has 1 saturated heterocycles. The van der Waals surface area contributed by atoms with Crippen LogP contribution >= 0.6 is 0 Å². The molecule has 1 aliphatic heterocycles. The highest BCUT2D eigenvalue weighted by atomic mass is 15.3. The lowest BCUT2D eigenvalue weighted by Crippen LogP contribution is -2.37. The molecule has 0 bridgehead atoms. The minimum Gasteiger partial charge on any atom is -0.317 e. The highest BCUT2D eigenvalue weighted by Gasteiger charge is 2.25. The Kier molecular flexibility index (Phi) is 2.31. The SMILES string of the molecule is CC1CN(C)CCC1n1cnnc1. The maximum Gasteiger partial charge on any atom is 0.119 e. The van der Waals surface area contributed by atoms with Crippen LogP contribution in [0.4, 0.5) is 0 Å².